The molecular weight excluding hydrogens is 428 g/mol. The number of methoxy groups -OCH3 is 2. The Hall–Kier alpha value is -3.33. The molecule has 1 aliphatic heterocycles. The van der Waals surface area contributed by atoms with E-state index in [9.17, 15) is 14.4 Å². The fourth-order valence-electron chi connectivity index (χ4n) is 3.82. The van der Waals surface area contributed by atoms with Gasteiger partial charge >= 0.3 is 5.97 Å². The summed E-state index contributed by atoms with van der Waals surface area (Å²) in [7, 11) is 2.95. The second-order valence-electron chi connectivity index (χ2n) is 7.90. The summed E-state index contributed by atoms with van der Waals surface area (Å²) in [6.07, 6.45) is 2.21. The Kier molecular flexibility index (Phi) is 8.11. The van der Waals surface area contributed by atoms with Crippen molar-refractivity contribution >= 4 is 17.7 Å². The van der Waals surface area contributed by atoms with Crippen molar-refractivity contribution < 1.29 is 33.3 Å². The molecule has 1 saturated heterocycles. The molecule has 1 aromatic carbocycles. The number of ketones is 1. The van der Waals surface area contributed by atoms with Crippen molar-refractivity contribution in [3.05, 3.63) is 46.8 Å². The number of esters is 1. The Morgan fingerprint density at radius 3 is 2.39 bits per heavy atom. The summed E-state index contributed by atoms with van der Waals surface area (Å²) >= 11 is 0. The zero-order valence-electron chi connectivity index (χ0n) is 19.4. The molecule has 1 aliphatic rings. The molecule has 9 nitrogen and oxygen atoms in total. The number of amides is 1. The van der Waals surface area contributed by atoms with Crippen LogP contribution in [-0.2, 0) is 20.8 Å². The van der Waals surface area contributed by atoms with Gasteiger partial charge in [0.05, 0.1) is 20.3 Å². The van der Waals surface area contributed by atoms with Crippen LogP contribution >= 0.6 is 0 Å². The fourth-order valence-corrected chi connectivity index (χ4v) is 3.82. The number of Topliss-reactive ketones (excluding diaryl/α,β-unsaturated/α-hetero) is 1. The van der Waals surface area contributed by atoms with Gasteiger partial charge in [0.15, 0.2) is 6.61 Å². The first kappa shape index (κ1) is 24.3. The van der Waals surface area contributed by atoms with Crippen LogP contribution in [0.3, 0.4) is 0 Å². The van der Waals surface area contributed by atoms with Crippen molar-refractivity contribution in [3.63, 3.8) is 0 Å². The number of hydrogen-bond acceptors (Lipinski definition) is 7. The van der Waals surface area contributed by atoms with E-state index in [2.05, 4.69) is 9.88 Å². The van der Waals surface area contributed by atoms with Crippen LogP contribution in [0.1, 0.15) is 44.9 Å². The van der Waals surface area contributed by atoms with E-state index < -0.39 is 18.5 Å². The molecule has 1 N–H and O–H groups in total. The number of ether oxygens (including phenoxy) is 4. The van der Waals surface area contributed by atoms with Crippen molar-refractivity contribution in [2.75, 3.05) is 34.0 Å². The Morgan fingerprint density at radius 2 is 1.79 bits per heavy atom. The Labute approximate surface area is 192 Å². The predicted molar refractivity (Wildman–Crippen MR) is 120 cm³/mol. The third-order valence-electron chi connectivity index (χ3n) is 5.66. The molecule has 0 spiro atoms. The molecule has 1 amide bonds. The van der Waals surface area contributed by atoms with Gasteiger partial charge in [-0.3, -0.25) is 14.4 Å². The molecule has 3 rings (SSSR count). The molecule has 1 fully saturated rings. The molecule has 9 heteroatoms. The van der Waals surface area contributed by atoms with Crippen LogP contribution in [0.2, 0.25) is 0 Å². The van der Waals surface area contributed by atoms with E-state index in [1.165, 1.54) is 26.4 Å². The minimum atomic E-state index is -0.709. The van der Waals surface area contributed by atoms with Crippen LogP contribution in [0.4, 0.5) is 0 Å². The van der Waals surface area contributed by atoms with E-state index >= 15 is 0 Å². The quantitative estimate of drug-likeness (QED) is 0.431. The van der Waals surface area contributed by atoms with Crippen LogP contribution in [-0.4, -0.2) is 62.3 Å². The number of aryl methyl sites for hydroxylation is 1. The molecule has 0 bridgehead atoms. The molecule has 1 unspecified atom stereocenters. The van der Waals surface area contributed by atoms with Crippen LogP contribution in [0.15, 0.2) is 24.3 Å². The number of aromatic nitrogens is 1. The summed E-state index contributed by atoms with van der Waals surface area (Å²) in [6, 6.07) is 6.49. The number of carbonyl (C=O) groups excluding carboxylic acids is 3. The highest BCUT2D eigenvalue weighted by atomic mass is 16.5. The van der Waals surface area contributed by atoms with Crippen LogP contribution in [0.5, 0.6) is 11.5 Å². The molecular formula is C24H30N2O7. The van der Waals surface area contributed by atoms with Crippen LogP contribution < -0.4 is 14.8 Å². The lowest BCUT2D eigenvalue weighted by atomic mass is 10.1. The number of carbonyl (C=O) groups is 3. The maximum absolute atomic E-state index is 12.6. The number of nitrogens with one attached hydrogen (secondary N) is 1. The topological polar surface area (TPSA) is 105 Å². The maximum Gasteiger partial charge on any atom is 0.325 e. The highest BCUT2D eigenvalue weighted by molar-refractivity contribution is 6.00. The Bertz CT molecular complexity index is 1000. The average Bonchev–Trinajstić information content (AvgIpc) is 3.44. The van der Waals surface area contributed by atoms with Crippen molar-refractivity contribution in [3.8, 4) is 11.5 Å². The lowest BCUT2D eigenvalue weighted by molar-refractivity contribution is -0.141. The molecule has 1 aromatic heterocycles. The SMILES string of the molecule is COc1cc(OC)cc(C(=O)NCC(=O)OCC(=O)c2cc(C)n(CC3CCCO3)c2C)c1. The molecule has 2 aromatic rings. The number of hydrogen-bond donors (Lipinski definition) is 1. The van der Waals surface area contributed by atoms with Crippen molar-refractivity contribution in [2.24, 2.45) is 0 Å². The fraction of sp³-hybridized carbons (Fsp3) is 0.458. The van der Waals surface area contributed by atoms with Gasteiger partial charge in [0.25, 0.3) is 5.91 Å². The van der Waals surface area contributed by atoms with Gasteiger partial charge < -0.3 is 28.8 Å². The summed E-state index contributed by atoms with van der Waals surface area (Å²) in [4.78, 5) is 37.1. The highest BCUT2D eigenvalue weighted by Gasteiger charge is 2.22. The number of benzene rings is 1. The lowest BCUT2D eigenvalue weighted by Gasteiger charge is -2.14. The molecule has 0 radical (unpaired) electrons. The normalized spacial score (nSPS) is 15.2. The summed E-state index contributed by atoms with van der Waals surface area (Å²) in [5, 5.41) is 2.48. The second-order valence-corrected chi connectivity index (χ2v) is 7.90. The minimum absolute atomic E-state index is 0.156. The molecule has 1 atom stereocenters. The highest BCUT2D eigenvalue weighted by Crippen LogP contribution is 2.23. The van der Waals surface area contributed by atoms with Crippen molar-refractivity contribution in [1.29, 1.82) is 0 Å². The summed E-state index contributed by atoms with van der Waals surface area (Å²) in [5.41, 5.74) is 2.57. The molecule has 2 heterocycles. The Morgan fingerprint density at radius 1 is 1.09 bits per heavy atom. The third kappa shape index (κ3) is 6.13. The first-order valence-electron chi connectivity index (χ1n) is 10.8. The molecule has 33 heavy (non-hydrogen) atoms. The van der Waals surface area contributed by atoms with Crippen molar-refractivity contribution in [1.82, 2.24) is 9.88 Å². The van der Waals surface area contributed by atoms with Gasteiger partial charge in [-0.05, 0) is 44.9 Å². The van der Waals surface area contributed by atoms with E-state index in [1.54, 1.807) is 12.1 Å². The summed E-state index contributed by atoms with van der Waals surface area (Å²) in [6.45, 7) is 4.52. The maximum atomic E-state index is 12.6. The van der Waals surface area contributed by atoms with E-state index in [0.717, 1.165) is 30.8 Å². The molecule has 0 saturated carbocycles. The average molecular weight is 459 g/mol. The number of nitrogens with zero attached hydrogens (tertiary/aromatic N) is 1. The van der Waals surface area contributed by atoms with E-state index in [1.807, 2.05) is 13.8 Å². The smallest absolute Gasteiger partial charge is 0.325 e. The zero-order valence-corrected chi connectivity index (χ0v) is 19.4. The van der Waals surface area contributed by atoms with Gasteiger partial charge in [0.2, 0.25) is 5.78 Å². The first-order valence-corrected chi connectivity index (χ1v) is 10.8. The lowest BCUT2D eigenvalue weighted by Crippen LogP contribution is -2.31. The Balaban J connectivity index is 1.52. The van der Waals surface area contributed by atoms with Gasteiger partial charge in [0, 0.05) is 41.7 Å². The monoisotopic (exact) mass is 458 g/mol. The van der Waals surface area contributed by atoms with Gasteiger partial charge in [-0.25, -0.2) is 0 Å². The zero-order chi connectivity index (χ0) is 24.0. The minimum Gasteiger partial charge on any atom is -0.497 e. The predicted octanol–water partition coefficient (Wildman–Crippen LogP) is 2.46. The van der Waals surface area contributed by atoms with E-state index in [4.69, 9.17) is 18.9 Å². The van der Waals surface area contributed by atoms with Gasteiger partial charge in [0.1, 0.15) is 18.0 Å². The summed E-state index contributed by atoms with van der Waals surface area (Å²) < 4.78 is 23.1. The van der Waals surface area contributed by atoms with Gasteiger partial charge in [-0.1, -0.05) is 0 Å². The van der Waals surface area contributed by atoms with Gasteiger partial charge in [-0.15, -0.1) is 0 Å². The molecule has 0 aliphatic carbocycles. The second kappa shape index (κ2) is 11.0. The third-order valence-corrected chi connectivity index (χ3v) is 5.66. The van der Waals surface area contributed by atoms with E-state index in [-0.39, 0.29) is 24.0 Å². The summed E-state index contributed by atoms with van der Waals surface area (Å²) in [5.74, 6) is -0.596. The number of rotatable bonds is 10. The van der Waals surface area contributed by atoms with Crippen LogP contribution in [0.25, 0.3) is 0 Å². The largest absolute Gasteiger partial charge is 0.497 e. The van der Waals surface area contributed by atoms with Crippen molar-refractivity contribution in [2.45, 2.75) is 39.3 Å². The molecule has 178 valence electrons. The van der Waals surface area contributed by atoms with Gasteiger partial charge in [-0.2, -0.15) is 0 Å². The van der Waals surface area contributed by atoms with Crippen LogP contribution in [0, 0.1) is 13.8 Å². The standard InChI is InChI=1S/C24H30N2O7/c1-15-8-21(16(2)26(15)13-18-6-5-7-32-18)22(27)14-33-23(28)12-25-24(29)17-9-19(30-3)11-20(10-17)31-4/h8-11,18H,5-7,12-14H2,1-4H3,(H,25,29). The van der Waals surface area contributed by atoms with E-state index in [0.29, 0.717) is 23.6 Å². The first-order chi connectivity index (χ1) is 15.8.